The molecule has 1 aromatic heterocycles. The molecule has 0 saturated carbocycles. The van der Waals surface area contributed by atoms with E-state index in [0.717, 1.165) is 28.6 Å². The van der Waals surface area contributed by atoms with Crippen molar-refractivity contribution in [1.82, 2.24) is 4.98 Å². The van der Waals surface area contributed by atoms with Gasteiger partial charge in [0.1, 0.15) is 12.4 Å². The topological polar surface area (TPSA) is 77.3 Å². The average molecular weight is 338 g/mol. The van der Waals surface area contributed by atoms with E-state index in [0.29, 0.717) is 6.54 Å². The molecule has 3 aromatic rings. The maximum absolute atomic E-state index is 11.2. The van der Waals surface area contributed by atoms with E-state index in [2.05, 4.69) is 4.98 Å². The van der Waals surface area contributed by atoms with Gasteiger partial charge in [-0.05, 0) is 42.3 Å². The maximum atomic E-state index is 11.2. The number of esters is 1. The summed E-state index contributed by atoms with van der Waals surface area (Å²) in [6.07, 6.45) is 2.42. The highest BCUT2D eigenvalue weighted by Gasteiger charge is 2.16. The van der Waals surface area contributed by atoms with Crippen molar-refractivity contribution in [2.24, 2.45) is 5.73 Å². The number of fused-ring (bicyclic) bond motifs is 1. The van der Waals surface area contributed by atoms with Gasteiger partial charge in [0.25, 0.3) is 0 Å². The van der Waals surface area contributed by atoms with Crippen molar-refractivity contribution in [3.8, 4) is 5.75 Å². The monoisotopic (exact) mass is 338 g/mol. The number of benzene rings is 2. The molecule has 0 aliphatic carbocycles. The third-order valence-electron chi connectivity index (χ3n) is 4.04. The number of rotatable bonds is 7. The van der Waals surface area contributed by atoms with Crippen molar-refractivity contribution in [3.05, 3.63) is 65.9 Å². The Hall–Kier alpha value is -2.79. The van der Waals surface area contributed by atoms with Crippen LogP contribution in [0.4, 0.5) is 0 Å². The Balaban J connectivity index is 1.86. The molecular formula is C20H22N2O3. The molecule has 1 heterocycles. The molecule has 5 heteroatoms. The predicted molar refractivity (Wildman–Crippen MR) is 97.5 cm³/mol. The fourth-order valence-corrected chi connectivity index (χ4v) is 2.82. The highest BCUT2D eigenvalue weighted by Crippen LogP contribution is 2.28. The Bertz CT molecular complexity index is 843. The molecule has 1 atom stereocenters. The van der Waals surface area contributed by atoms with E-state index in [4.69, 9.17) is 15.2 Å². The van der Waals surface area contributed by atoms with E-state index >= 15 is 0 Å². The summed E-state index contributed by atoms with van der Waals surface area (Å²) in [6.45, 7) is 2.16. The van der Waals surface area contributed by atoms with Gasteiger partial charge in [0.05, 0.1) is 0 Å². The van der Waals surface area contributed by atoms with Crippen LogP contribution in [0.5, 0.6) is 5.75 Å². The van der Waals surface area contributed by atoms with Crippen LogP contribution >= 0.6 is 0 Å². The van der Waals surface area contributed by atoms with Crippen molar-refractivity contribution in [1.29, 1.82) is 0 Å². The molecule has 0 saturated heterocycles. The molecule has 0 radical (unpaired) electrons. The third kappa shape index (κ3) is 4.19. The summed E-state index contributed by atoms with van der Waals surface area (Å²) in [5, 5.41) is 1.10. The number of carbonyl (C=O) groups excluding carboxylic acids is 1. The van der Waals surface area contributed by atoms with Gasteiger partial charge >= 0.3 is 5.97 Å². The lowest BCUT2D eigenvalue weighted by Crippen LogP contribution is -2.16. The highest BCUT2D eigenvalue weighted by atomic mass is 16.6. The van der Waals surface area contributed by atoms with Crippen LogP contribution in [0, 0.1) is 0 Å². The molecule has 3 rings (SSSR count). The van der Waals surface area contributed by atoms with Crippen LogP contribution in [-0.4, -0.2) is 24.1 Å². The minimum Gasteiger partial charge on any atom is -0.482 e. The Labute approximate surface area is 146 Å². The summed E-state index contributed by atoms with van der Waals surface area (Å²) in [5.74, 6) is 0.405. The largest absolute Gasteiger partial charge is 0.482 e. The van der Waals surface area contributed by atoms with Gasteiger partial charge in [-0.15, -0.1) is 0 Å². The second-order valence-corrected chi connectivity index (χ2v) is 5.88. The molecule has 0 aliphatic rings. The molecule has 0 aliphatic heterocycles. The summed E-state index contributed by atoms with van der Waals surface area (Å²) >= 11 is 0. The van der Waals surface area contributed by atoms with Gasteiger partial charge in [-0.3, -0.25) is 4.79 Å². The van der Waals surface area contributed by atoms with Crippen molar-refractivity contribution in [3.63, 3.8) is 0 Å². The molecule has 25 heavy (non-hydrogen) atoms. The standard InChI is InChI=1S/C20H22N2O3/c1-14(23)24-13-20(15-5-3-2-4-6-15)25-17-7-8-19-18(11-17)16(9-10-21)12-22-19/h2-8,11-12,20,22H,9-10,13,21H2,1H3. The number of carbonyl (C=O) groups is 1. The van der Waals surface area contributed by atoms with Crippen LogP contribution in [0.15, 0.2) is 54.7 Å². The first-order chi connectivity index (χ1) is 12.2. The van der Waals surface area contributed by atoms with Crippen molar-refractivity contribution < 1.29 is 14.3 Å². The fraction of sp³-hybridized carbons (Fsp3) is 0.250. The van der Waals surface area contributed by atoms with E-state index < -0.39 is 0 Å². The second-order valence-electron chi connectivity index (χ2n) is 5.88. The SMILES string of the molecule is CC(=O)OCC(Oc1ccc2[nH]cc(CCN)c2c1)c1ccccc1. The van der Waals surface area contributed by atoms with Gasteiger partial charge in [0, 0.05) is 24.0 Å². The van der Waals surface area contributed by atoms with Crippen LogP contribution < -0.4 is 10.5 Å². The number of H-pyrrole nitrogens is 1. The van der Waals surface area contributed by atoms with Crippen LogP contribution in [0.2, 0.25) is 0 Å². The van der Waals surface area contributed by atoms with Crippen LogP contribution in [0.25, 0.3) is 10.9 Å². The number of hydrogen-bond donors (Lipinski definition) is 2. The molecule has 3 N–H and O–H groups in total. The minimum atomic E-state index is -0.362. The lowest BCUT2D eigenvalue weighted by atomic mass is 10.1. The van der Waals surface area contributed by atoms with Crippen molar-refractivity contribution >= 4 is 16.9 Å². The Morgan fingerprint density at radius 2 is 2.00 bits per heavy atom. The second kappa shape index (κ2) is 7.85. The van der Waals surface area contributed by atoms with Gasteiger partial charge < -0.3 is 20.2 Å². The molecular weight excluding hydrogens is 316 g/mol. The van der Waals surface area contributed by atoms with E-state index in [1.165, 1.54) is 12.5 Å². The van der Waals surface area contributed by atoms with Crippen LogP contribution in [0.1, 0.15) is 24.2 Å². The first kappa shape index (κ1) is 17.0. The van der Waals surface area contributed by atoms with E-state index in [-0.39, 0.29) is 18.7 Å². The number of hydrogen-bond acceptors (Lipinski definition) is 4. The maximum Gasteiger partial charge on any atom is 0.302 e. The van der Waals surface area contributed by atoms with E-state index in [1.807, 2.05) is 54.7 Å². The van der Waals surface area contributed by atoms with Crippen LogP contribution in [0.3, 0.4) is 0 Å². The number of nitrogens with one attached hydrogen (secondary N) is 1. The molecule has 5 nitrogen and oxygen atoms in total. The Kier molecular flexibility index (Phi) is 5.36. The predicted octanol–water partition coefficient (Wildman–Crippen LogP) is 3.35. The number of aromatic nitrogens is 1. The summed E-state index contributed by atoms with van der Waals surface area (Å²) in [5.41, 5.74) is 8.85. The minimum absolute atomic E-state index is 0.167. The zero-order chi connectivity index (χ0) is 17.6. The molecule has 0 bridgehead atoms. The first-order valence-electron chi connectivity index (χ1n) is 8.32. The molecule has 130 valence electrons. The average Bonchev–Trinajstić information content (AvgIpc) is 3.02. The number of nitrogens with two attached hydrogens (primary N) is 1. The Morgan fingerprint density at radius 1 is 1.20 bits per heavy atom. The van der Waals surface area contributed by atoms with E-state index in [1.54, 1.807) is 0 Å². The van der Waals surface area contributed by atoms with Crippen molar-refractivity contribution in [2.75, 3.05) is 13.2 Å². The van der Waals surface area contributed by atoms with Crippen LogP contribution in [-0.2, 0) is 16.0 Å². The molecule has 0 spiro atoms. The van der Waals surface area contributed by atoms with Gasteiger partial charge in [0.15, 0.2) is 6.10 Å². The van der Waals surface area contributed by atoms with Gasteiger partial charge in [-0.25, -0.2) is 0 Å². The first-order valence-corrected chi connectivity index (χ1v) is 8.32. The summed E-state index contributed by atoms with van der Waals surface area (Å²) < 4.78 is 11.3. The number of aromatic amines is 1. The summed E-state index contributed by atoms with van der Waals surface area (Å²) in [4.78, 5) is 14.4. The van der Waals surface area contributed by atoms with Gasteiger partial charge in [-0.2, -0.15) is 0 Å². The lowest BCUT2D eigenvalue weighted by molar-refractivity contribution is -0.143. The van der Waals surface area contributed by atoms with Crippen molar-refractivity contribution in [2.45, 2.75) is 19.4 Å². The number of ether oxygens (including phenoxy) is 2. The van der Waals surface area contributed by atoms with Gasteiger partial charge in [0.2, 0.25) is 0 Å². The zero-order valence-electron chi connectivity index (χ0n) is 14.2. The highest BCUT2D eigenvalue weighted by molar-refractivity contribution is 5.84. The quantitative estimate of drug-likeness (QED) is 0.648. The third-order valence-corrected chi connectivity index (χ3v) is 4.04. The molecule has 1 unspecified atom stereocenters. The molecule has 0 amide bonds. The summed E-state index contributed by atoms with van der Waals surface area (Å²) in [6, 6.07) is 15.6. The lowest BCUT2D eigenvalue weighted by Gasteiger charge is -2.19. The Morgan fingerprint density at radius 3 is 2.72 bits per heavy atom. The molecule has 0 fully saturated rings. The zero-order valence-corrected chi connectivity index (χ0v) is 14.2. The smallest absolute Gasteiger partial charge is 0.302 e. The summed E-state index contributed by atoms with van der Waals surface area (Å²) in [7, 11) is 0. The molecule has 2 aromatic carbocycles. The van der Waals surface area contributed by atoms with E-state index in [9.17, 15) is 4.79 Å². The normalized spacial score (nSPS) is 12.1. The fourth-order valence-electron chi connectivity index (χ4n) is 2.82. The van der Waals surface area contributed by atoms with Gasteiger partial charge in [-0.1, -0.05) is 30.3 Å².